The Morgan fingerprint density at radius 2 is 1.57 bits per heavy atom. The predicted octanol–water partition coefficient (Wildman–Crippen LogP) is 4.29. The van der Waals surface area contributed by atoms with Crippen LogP contribution in [0.4, 0.5) is 0 Å². The van der Waals surface area contributed by atoms with E-state index in [-0.39, 0.29) is 17.4 Å². The number of rotatable bonds is 3. The molecular weight excluding hydrogens is 376 g/mol. The number of hydrogen-bond acceptors (Lipinski definition) is 4. The molecule has 0 bridgehead atoms. The molecule has 0 N–H and O–H groups in total. The summed E-state index contributed by atoms with van der Waals surface area (Å²) >= 11 is 0. The molecule has 5 nitrogen and oxygen atoms in total. The molecule has 5 heteroatoms. The number of ether oxygens (including phenoxy) is 1. The molecule has 0 radical (unpaired) electrons. The Morgan fingerprint density at radius 3 is 2.10 bits per heavy atom. The zero-order valence-electron chi connectivity index (χ0n) is 20.0. The molecule has 2 spiro atoms. The van der Waals surface area contributed by atoms with Gasteiger partial charge in [0.2, 0.25) is 5.91 Å². The maximum atomic E-state index is 12.4. The number of likely N-dealkylation sites (tertiary alicyclic amines) is 1. The van der Waals surface area contributed by atoms with Crippen LogP contribution in [0.2, 0.25) is 0 Å². The zero-order chi connectivity index (χ0) is 21.9. The minimum atomic E-state index is -0.111. The van der Waals surface area contributed by atoms with Crippen LogP contribution in [-0.4, -0.2) is 65.9 Å². The van der Waals surface area contributed by atoms with Gasteiger partial charge in [-0.2, -0.15) is 0 Å². The van der Waals surface area contributed by atoms with Crippen LogP contribution in [-0.2, 0) is 14.3 Å². The van der Waals surface area contributed by atoms with E-state index in [0.717, 1.165) is 57.9 Å². The average molecular weight is 421 g/mol. The first-order valence-corrected chi connectivity index (χ1v) is 12.5. The van der Waals surface area contributed by atoms with Crippen LogP contribution in [0.15, 0.2) is 0 Å². The van der Waals surface area contributed by atoms with Gasteiger partial charge < -0.3 is 14.5 Å². The Morgan fingerprint density at radius 1 is 0.967 bits per heavy atom. The lowest BCUT2D eigenvalue weighted by Crippen LogP contribution is -2.61. The highest BCUT2D eigenvalue weighted by Crippen LogP contribution is 2.55. The number of ketones is 1. The molecule has 4 rings (SSSR count). The molecule has 0 aromatic carbocycles. The molecule has 30 heavy (non-hydrogen) atoms. The van der Waals surface area contributed by atoms with Crippen molar-refractivity contribution in [2.75, 3.05) is 32.8 Å². The minimum Gasteiger partial charge on any atom is -0.371 e. The van der Waals surface area contributed by atoms with Crippen molar-refractivity contribution in [2.24, 2.45) is 17.3 Å². The van der Waals surface area contributed by atoms with Gasteiger partial charge in [0.15, 0.2) is 0 Å². The molecule has 2 aliphatic carbocycles. The number of piperidine rings is 1. The van der Waals surface area contributed by atoms with Crippen LogP contribution in [0.5, 0.6) is 0 Å². The molecule has 2 saturated carbocycles. The van der Waals surface area contributed by atoms with E-state index in [0.29, 0.717) is 23.7 Å². The summed E-state index contributed by atoms with van der Waals surface area (Å²) in [6.45, 7) is 14.1. The summed E-state index contributed by atoms with van der Waals surface area (Å²) in [4.78, 5) is 28.8. The lowest BCUT2D eigenvalue weighted by atomic mass is 9.56. The molecule has 4 aliphatic rings. The molecule has 2 aliphatic heterocycles. The Hall–Kier alpha value is -0.940. The van der Waals surface area contributed by atoms with Gasteiger partial charge in [-0.05, 0) is 63.7 Å². The summed E-state index contributed by atoms with van der Waals surface area (Å²) < 4.78 is 6.24. The maximum absolute atomic E-state index is 12.4. The van der Waals surface area contributed by atoms with Gasteiger partial charge in [-0.3, -0.25) is 9.59 Å². The summed E-state index contributed by atoms with van der Waals surface area (Å²) in [6.07, 6.45) is 9.46. The second-order valence-corrected chi connectivity index (χ2v) is 10.4. The van der Waals surface area contributed by atoms with Crippen molar-refractivity contribution in [2.45, 2.75) is 97.6 Å². The Kier molecular flexibility index (Phi) is 7.66. The van der Waals surface area contributed by atoms with Crippen molar-refractivity contribution >= 4 is 11.7 Å². The third-order valence-corrected chi connectivity index (χ3v) is 8.24. The molecule has 0 aromatic rings. The summed E-state index contributed by atoms with van der Waals surface area (Å²) in [5.41, 5.74) is 0.424. The van der Waals surface area contributed by atoms with Gasteiger partial charge in [0.1, 0.15) is 5.78 Å². The monoisotopic (exact) mass is 420 g/mol. The predicted molar refractivity (Wildman–Crippen MR) is 120 cm³/mol. The number of morpholine rings is 1. The standard InChI is InChI=1S/C23H38N2O3.C2H6/c1-17(2)21(27)25-12-13-28-23(16-25)8-10-24(11-9-23)20-14-22(15-20)6-4-19(5-7-22)18(3)26;1-2/h17,19-20H,4-16H2,1-3H3;1-2H3. The molecule has 0 atom stereocenters. The van der Waals surface area contributed by atoms with E-state index < -0.39 is 0 Å². The van der Waals surface area contributed by atoms with Crippen molar-refractivity contribution in [1.82, 2.24) is 9.80 Å². The van der Waals surface area contributed by atoms with Crippen LogP contribution < -0.4 is 0 Å². The van der Waals surface area contributed by atoms with Gasteiger partial charge in [0.25, 0.3) is 0 Å². The van der Waals surface area contributed by atoms with Gasteiger partial charge >= 0.3 is 0 Å². The molecule has 0 aromatic heterocycles. The summed E-state index contributed by atoms with van der Waals surface area (Å²) in [5, 5.41) is 0. The van der Waals surface area contributed by atoms with E-state index in [1.807, 2.05) is 32.6 Å². The number of carbonyl (C=O) groups is 2. The average Bonchev–Trinajstić information content (AvgIpc) is 2.73. The normalized spacial score (nSPS) is 33.7. The van der Waals surface area contributed by atoms with Crippen molar-refractivity contribution < 1.29 is 14.3 Å². The van der Waals surface area contributed by atoms with E-state index in [9.17, 15) is 9.59 Å². The molecule has 2 heterocycles. The smallest absolute Gasteiger partial charge is 0.225 e. The fourth-order valence-electron chi connectivity index (χ4n) is 6.24. The molecular formula is C25H44N2O3. The minimum absolute atomic E-state index is 0.0690. The SMILES string of the molecule is CC.CC(=O)C1CCC2(CC1)CC(N1CCC3(CC1)CN(C(=O)C(C)C)CCO3)C2. The third-order valence-electron chi connectivity index (χ3n) is 8.24. The second kappa shape index (κ2) is 9.68. The molecule has 1 amide bonds. The van der Waals surface area contributed by atoms with Gasteiger partial charge in [-0.25, -0.2) is 0 Å². The lowest BCUT2D eigenvalue weighted by Gasteiger charge is -2.57. The van der Waals surface area contributed by atoms with Crippen LogP contribution in [0, 0.1) is 17.3 Å². The fraction of sp³-hybridized carbons (Fsp3) is 0.920. The van der Waals surface area contributed by atoms with Gasteiger partial charge in [0, 0.05) is 44.1 Å². The van der Waals surface area contributed by atoms with Crippen LogP contribution >= 0.6 is 0 Å². The third kappa shape index (κ3) is 4.93. The van der Waals surface area contributed by atoms with Crippen LogP contribution in [0.1, 0.15) is 86.0 Å². The highest BCUT2D eigenvalue weighted by atomic mass is 16.5. The van der Waals surface area contributed by atoms with E-state index in [2.05, 4.69) is 4.90 Å². The molecule has 4 fully saturated rings. The van der Waals surface area contributed by atoms with Crippen molar-refractivity contribution in [3.8, 4) is 0 Å². The lowest BCUT2D eigenvalue weighted by molar-refractivity contribution is -0.166. The van der Waals surface area contributed by atoms with Crippen molar-refractivity contribution in [1.29, 1.82) is 0 Å². The van der Waals surface area contributed by atoms with Crippen LogP contribution in [0.3, 0.4) is 0 Å². The first kappa shape index (κ1) is 23.7. The van der Waals surface area contributed by atoms with Gasteiger partial charge in [0.05, 0.1) is 12.2 Å². The quantitative estimate of drug-likeness (QED) is 0.683. The van der Waals surface area contributed by atoms with Gasteiger partial charge in [-0.1, -0.05) is 27.7 Å². The van der Waals surface area contributed by atoms with E-state index in [4.69, 9.17) is 4.74 Å². The largest absolute Gasteiger partial charge is 0.371 e. The zero-order valence-corrected chi connectivity index (χ0v) is 20.0. The van der Waals surface area contributed by atoms with Gasteiger partial charge in [-0.15, -0.1) is 0 Å². The Labute approximate surface area is 183 Å². The number of nitrogens with zero attached hydrogens (tertiary/aromatic N) is 2. The van der Waals surface area contributed by atoms with E-state index in [1.54, 1.807) is 6.92 Å². The molecule has 2 saturated heterocycles. The second-order valence-electron chi connectivity index (χ2n) is 10.4. The highest BCUT2D eigenvalue weighted by Gasteiger charge is 2.50. The first-order valence-electron chi connectivity index (χ1n) is 12.5. The summed E-state index contributed by atoms with van der Waals surface area (Å²) in [6, 6.07) is 0.725. The summed E-state index contributed by atoms with van der Waals surface area (Å²) in [5.74, 6) is 1.07. The Bertz CT molecular complexity index is 594. The number of Topliss-reactive ketones (excluding diaryl/α,β-unsaturated/α-hetero) is 1. The summed E-state index contributed by atoms with van der Waals surface area (Å²) in [7, 11) is 0. The highest BCUT2D eigenvalue weighted by molar-refractivity contribution is 5.78. The number of hydrogen-bond donors (Lipinski definition) is 0. The van der Waals surface area contributed by atoms with Crippen molar-refractivity contribution in [3.63, 3.8) is 0 Å². The Balaban J connectivity index is 0.00000124. The van der Waals surface area contributed by atoms with E-state index in [1.165, 1.54) is 25.7 Å². The first-order chi connectivity index (χ1) is 14.3. The fourth-order valence-corrected chi connectivity index (χ4v) is 6.24. The van der Waals surface area contributed by atoms with E-state index >= 15 is 0 Å². The molecule has 0 unspecified atom stereocenters. The topological polar surface area (TPSA) is 49.9 Å². The number of amides is 1. The van der Waals surface area contributed by atoms with Crippen molar-refractivity contribution in [3.05, 3.63) is 0 Å². The number of carbonyl (C=O) groups excluding carboxylic acids is 2. The maximum Gasteiger partial charge on any atom is 0.225 e. The molecule has 172 valence electrons. The van der Waals surface area contributed by atoms with Crippen LogP contribution in [0.25, 0.3) is 0 Å².